The number of nitrogens with one attached hydrogen (secondary N) is 1. The molecule has 0 aliphatic heterocycles. The predicted octanol–water partition coefficient (Wildman–Crippen LogP) is 5.27. The second kappa shape index (κ2) is 8.41. The van der Waals surface area contributed by atoms with Crippen LogP contribution in [0.1, 0.15) is 5.89 Å². The van der Waals surface area contributed by atoms with Gasteiger partial charge in [-0.3, -0.25) is 0 Å². The summed E-state index contributed by atoms with van der Waals surface area (Å²) in [6.45, 7) is -2.73. The van der Waals surface area contributed by atoms with Crippen LogP contribution in [0.4, 0.5) is 14.5 Å². The van der Waals surface area contributed by atoms with Crippen molar-refractivity contribution in [2.24, 2.45) is 0 Å². The zero-order valence-electron chi connectivity index (χ0n) is 13.9. The van der Waals surface area contributed by atoms with Gasteiger partial charge in [0, 0.05) is 10.6 Å². The van der Waals surface area contributed by atoms with Crippen molar-refractivity contribution >= 4 is 28.9 Å². The SMILES string of the molecule is COc1cc(-c2noc(CNc3cc(Cl)ccc3Cl)n2)ccc1OC(F)F. The number of anilines is 1. The minimum absolute atomic E-state index is 0.0859. The maximum absolute atomic E-state index is 12.4. The number of hydrogen-bond acceptors (Lipinski definition) is 6. The van der Waals surface area contributed by atoms with Crippen LogP contribution >= 0.6 is 23.2 Å². The first kappa shape index (κ1) is 19.2. The summed E-state index contributed by atoms with van der Waals surface area (Å²) < 4.78 is 39.4. The lowest BCUT2D eigenvalue weighted by atomic mass is 10.2. The summed E-state index contributed by atoms with van der Waals surface area (Å²) in [5, 5.41) is 7.95. The van der Waals surface area contributed by atoms with E-state index in [1.807, 2.05) is 0 Å². The normalized spacial score (nSPS) is 10.9. The molecular weight excluding hydrogens is 403 g/mol. The smallest absolute Gasteiger partial charge is 0.387 e. The van der Waals surface area contributed by atoms with Crippen molar-refractivity contribution in [2.75, 3.05) is 12.4 Å². The van der Waals surface area contributed by atoms with Crippen LogP contribution in [0.15, 0.2) is 40.9 Å². The first-order valence-corrected chi connectivity index (χ1v) is 8.36. The molecule has 1 aromatic heterocycles. The molecule has 0 atom stereocenters. The number of halogens is 4. The summed E-state index contributed by atoms with van der Waals surface area (Å²) in [7, 11) is 1.34. The van der Waals surface area contributed by atoms with Gasteiger partial charge in [-0.05, 0) is 36.4 Å². The third-order valence-electron chi connectivity index (χ3n) is 3.46. The molecule has 0 amide bonds. The second-order valence-corrected chi connectivity index (χ2v) is 6.08. The van der Waals surface area contributed by atoms with Crippen LogP contribution in [0.2, 0.25) is 10.0 Å². The van der Waals surface area contributed by atoms with E-state index < -0.39 is 6.61 Å². The van der Waals surface area contributed by atoms with Crippen LogP contribution in [-0.4, -0.2) is 23.9 Å². The van der Waals surface area contributed by atoms with Crippen molar-refractivity contribution in [3.63, 3.8) is 0 Å². The Kier molecular flexibility index (Phi) is 5.98. The van der Waals surface area contributed by atoms with Gasteiger partial charge in [0.2, 0.25) is 11.7 Å². The standard InChI is InChI=1S/C17H13Cl2F2N3O3/c1-25-14-6-9(2-5-13(14)26-17(20)21)16-23-15(27-24-16)8-22-12-7-10(18)3-4-11(12)19/h2-7,17,22H,8H2,1H3. The number of benzene rings is 2. The summed E-state index contributed by atoms with van der Waals surface area (Å²) in [6.07, 6.45) is 0. The Bertz CT molecular complexity index is 938. The first-order chi connectivity index (χ1) is 13.0. The van der Waals surface area contributed by atoms with E-state index in [1.165, 1.54) is 25.3 Å². The molecular formula is C17H13Cl2F2N3O3. The fraction of sp³-hybridized carbons (Fsp3) is 0.176. The van der Waals surface area contributed by atoms with E-state index in [1.54, 1.807) is 18.2 Å². The van der Waals surface area contributed by atoms with E-state index in [-0.39, 0.29) is 23.9 Å². The molecule has 0 radical (unpaired) electrons. The zero-order valence-corrected chi connectivity index (χ0v) is 15.4. The van der Waals surface area contributed by atoms with E-state index in [2.05, 4.69) is 20.2 Å². The largest absolute Gasteiger partial charge is 0.493 e. The zero-order chi connectivity index (χ0) is 19.4. The molecule has 3 rings (SSSR count). The lowest BCUT2D eigenvalue weighted by molar-refractivity contribution is -0.0512. The maximum Gasteiger partial charge on any atom is 0.387 e. The Hall–Kier alpha value is -2.58. The third-order valence-corrected chi connectivity index (χ3v) is 4.03. The van der Waals surface area contributed by atoms with Crippen molar-refractivity contribution in [2.45, 2.75) is 13.2 Å². The molecule has 0 saturated heterocycles. The molecule has 3 aromatic rings. The summed E-state index contributed by atoms with van der Waals surface area (Å²) in [4.78, 5) is 4.25. The molecule has 0 fully saturated rings. The predicted molar refractivity (Wildman–Crippen MR) is 96.7 cm³/mol. The highest BCUT2D eigenvalue weighted by molar-refractivity contribution is 6.35. The van der Waals surface area contributed by atoms with Gasteiger partial charge in [-0.25, -0.2) is 0 Å². The highest BCUT2D eigenvalue weighted by atomic mass is 35.5. The van der Waals surface area contributed by atoms with Gasteiger partial charge in [-0.1, -0.05) is 28.4 Å². The van der Waals surface area contributed by atoms with Crippen molar-refractivity contribution in [1.29, 1.82) is 0 Å². The lowest BCUT2D eigenvalue weighted by Gasteiger charge is -2.10. The third kappa shape index (κ3) is 4.78. The van der Waals surface area contributed by atoms with E-state index in [4.69, 9.17) is 32.5 Å². The van der Waals surface area contributed by atoms with Gasteiger partial charge >= 0.3 is 6.61 Å². The number of hydrogen-bond donors (Lipinski definition) is 1. The van der Waals surface area contributed by atoms with Gasteiger partial charge in [0.05, 0.1) is 24.4 Å². The van der Waals surface area contributed by atoms with Gasteiger partial charge in [0.15, 0.2) is 11.5 Å². The Balaban J connectivity index is 1.74. The molecule has 1 heterocycles. The van der Waals surface area contributed by atoms with Crippen molar-refractivity contribution in [3.05, 3.63) is 52.3 Å². The van der Waals surface area contributed by atoms with Crippen LogP contribution in [0, 0.1) is 0 Å². The van der Waals surface area contributed by atoms with Crippen molar-refractivity contribution in [3.8, 4) is 22.9 Å². The van der Waals surface area contributed by atoms with Gasteiger partial charge in [0.1, 0.15) is 0 Å². The van der Waals surface area contributed by atoms with Crippen LogP contribution in [0.3, 0.4) is 0 Å². The van der Waals surface area contributed by atoms with Gasteiger partial charge in [-0.15, -0.1) is 0 Å². The Morgan fingerprint density at radius 3 is 2.70 bits per heavy atom. The fourth-order valence-electron chi connectivity index (χ4n) is 2.25. The minimum Gasteiger partial charge on any atom is -0.493 e. The maximum atomic E-state index is 12.4. The molecule has 0 bridgehead atoms. The van der Waals surface area contributed by atoms with E-state index in [0.717, 1.165) is 0 Å². The molecule has 2 aromatic carbocycles. The molecule has 10 heteroatoms. The van der Waals surface area contributed by atoms with E-state index in [9.17, 15) is 8.78 Å². The highest BCUT2D eigenvalue weighted by Crippen LogP contribution is 2.32. The first-order valence-electron chi connectivity index (χ1n) is 7.61. The summed E-state index contributed by atoms with van der Waals surface area (Å²) in [6, 6.07) is 9.37. The van der Waals surface area contributed by atoms with E-state index in [0.29, 0.717) is 27.2 Å². The monoisotopic (exact) mass is 415 g/mol. The molecule has 1 N–H and O–H groups in total. The molecule has 0 saturated carbocycles. The van der Waals surface area contributed by atoms with Gasteiger partial charge in [0.25, 0.3) is 0 Å². The summed E-state index contributed by atoms with van der Waals surface area (Å²) in [5.74, 6) is 0.610. The molecule has 27 heavy (non-hydrogen) atoms. The van der Waals surface area contributed by atoms with Crippen LogP contribution in [0.5, 0.6) is 11.5 Å². The average molecular weight is 416 g/mol. The Morgan fingerprint density at radius 1 is 1.15 bits per heavy atom. The van der Waals surface area contributed by atoms with Crippen LogP contribution in [0.25, 0.3) is 11.4 Å². The molecule has 6 nitrogen and oxygen atoms in total. The quantitative estimate of drug-likeness (QED) is 0.566. The van der Waals surface area contributed by atoms with Gasteiger partial charge < -0.3 is 19.3 Å². The average Bonchev–Trinajstić information content (AvgIpc) is 3.11. The number of nitrogens with zero attached hydrogens (tertiary/aromatic N) is 2. The van der Waals surface area contributed by atoms with Crippen LogP contribution in [-0.2, 0) is 6.54 Å². The number of ether oxygens (including phenoxy) is 2. The Morgan fingerprint density at radius 2 is 1.96 bits per heavy atom. The van der Waals surface area contributed by atoms with Crippen LogP contribution < -0.4 is 14.8 Å². The van der Waals surface area contributed by atoms with Crippen molar-refractivity contribution in [1.82, 2.24) is 10.1 Å². The molecule has 0 spiro atoms. The van der Waals surface area contributed by atoms with Gasteiger partial charge in [-0.2, -0.15) is 13.8 Å². The number of aromatic nitrogens is 2. The molecule has 0 aliphatic rings. The van der Waals surface area contributed by atoms with Crippen molar-refractivity contribution < 1.29 is 22.8 Å². The molecule has 0 aliphatic carbocycles. The highest BCUT2D eigenvalue weighted by Gasteiger charge is 2.15. The number of alkyl halides is 2. The topological polar surface area (TPSA) is 69.4 Å². The summed E-state index contributed by atoms with van der Waals surface area (Å²) in [5.41, 5.74) is 1.14. The number of rotatable bonds is 7. The second-order valence-electron chi connectivity index (χ2n) is 5.23. The fourth-order valence-corrected chi connectivity index (χ4v) is 2.60. The Labute approximate surface area is 163 Å². The summed E-state index contributed by atoms with van der Waals surface area (Å²) >= 11 is 12.0. The minimum atomic E-state index is -2.95. The van der Waals surface area contributed by atoms with E-state index >= 15 is 0 Å². The molecule has 142 valence electrons. The number of methoxy groups -OCH3 is 1. The molecule has 0 unspecified atom stereocenters. The lowest BCUT2D eigenvalue weighted by Crippen LogP contribution is -2.03.